The van der Waals surface area contributed by atoms with Gasteiger partial charge in [0.2, 0.25) is 0 Å². The van der Waals surface area contributed by atoms with Crippen molar-refractivity contribution in [1.29, 1.82) is 0 Å². The second-order valence-corrected chi connectivity index (χ2v) is 5.50. The van der Waals surface area contributed by atoms with E-state index in [0.717, 1.165) is 12.8 Å². The van der Waals surface area contributed by atoms with Gasteiger partial charge in [0.05, 0.1) is 12.1 Å². The number of hydrogen-bond donors (Lipinski definition) is 2. The molecule has 0 spiro atoms. The van der Waals surface area contributed by atoms with Crippen LogP contribution in [0.1, 0.15) is 38.2 Å². The van der Waals surface area contributed by atoms with Gasteiger partial charge in [0.15, 0.2) is 6.61 Å². The van der Waals surface area contributed by atoms with Crippen molar-refractivity contribution < 1.29 is 14.6 Å². The first-order valence-electron chi connectivity index (χ1n) is 6.69. The maximum atomic E-state index is 11.7. The van der Waals surface area contributed by atoms with E-state index in [1.165, 1.54) is 5.56 Å². The molecule has 2 rings (SSSR count). The Bertz CT molecular complexity index is 435. The Labute approximate surface area is 113 Å². The van der Waals surface area contributed by atoms with Crippen LogP contribution >= 0.6 is 0 Å². The first kappa shape index (κ1) is 13.9. The summed E-state index contributed by atoms with van der Waals surface area (Å²) in [5.74, 6) is 0.990. The van der Waals surface area contributed by atoms with Crippen molar-refractivity contribution in [3.8, 4) is 5.75 Å². The van der Waals surface area contributed by atoms with Crippen molar-refractivity contribution >= 4 is 5.91 Å². The van der Waals surface area contributed by atoms with Crippen LogP contribution in [0.5, 0.6) is 5.75 Å². The van der Waals surface area contributed by atoms with E-state index in [0.29, 0.717) is 11.7 Å². The van der Waals surface area contributed by atoms with E-state index in [1.54, 1.807) is 0 Å². The van der Waals surface area contributed by atoms with E-state index in [-0.39, 0.29) is 24.7 Å². The van der Waals surface area contributed by atoms with E-state index >= 15 is 0 Å². The lowest BCUT2D eigenvalue weighted by atomic mass is 10.0. The van der Waals surface area contributed by atoms with Gasteiger partial charge in [-0.25, -0.2) is 0 Å². The summed E-state index contributed by atoms with van der Waals surface area (Å²) >= 11 is 0. The molecular formula is C15H21NO3. The summed E-state index contributed by atoms with van der Waals surface area (Å²) in [7, 11) is 0. The third-order valence-corrected chi connectivity index (χ3v) is 3.48. The van der Waals surface area contributed by atoms with Crippen LogP contribution in [0, 0.1) is 0 Å². The zero-order chi connectivity index (χ0) is 13.9. The molecule has 0 radical (unpaired) electrons. The number of hydrogen-bond acceptors (Lipinski definition) is 3. The van der Waals surface area contributed by atoms with Crippen molar-refractivity contribution in [3.05, 3.63) is 29.8 Å². The average Bonchev–Trinajstić information content (AvgIpc) is 3.17. The molecule has 1 amide bonds. The predicted molar refractivity (Wildman–Crippen MR) is 73.2 cm³/mol. The number of carbonyl (C=O) groups excluding carboxylic acids is 1. The molecule has 1 aliphatic rings. The molecule has 1 aromatic rings. The molecule has 104 valence electrons. The molecule has 1 fully saturated rings. The monoisotopic (exact) mass is 263 g/mol. The fourth-order valence-corrected chi connectivity index (χ4v) is 1.90. The van der Waals surface area contributed by atoms with Gasteiger partial charge < -0.3 is 15.2 Å². The Balaban J connectivity index is 1.80. The predicted octanol–water partition coefficient (Wildman–Crippen LogP) is 1.83. The minimum atomic E-state index is -0.373. The molecule has 0 aliphatic heterocycles. The van der Waals surface area contributed by atoms with Crippen LogP contribution < -0.4 is 10.1 Å². The summed E-state index contributed by atoms with van der Waals surface area (Å²) in [4.78, 5) is 11.7. The summed E-state index contributed by atoms with van der Waals surface area (Å²) in [6.07, 6.45) is 1.69. The molecule has 4 heteroatoms. The number of nitrogens with one attached hydrogen (secondary N) is 1. The molecule has 4 nitrogen and oxygen atoms in total. The summed E-state index contributed by atoms with van der Waals surface area (Å²) in [6, 6.07) is 7.77. The minimum Gasteiger partial charge on any atom is -0.484 e. The molecule has 0 aromatic heterocycles. The molecule has 1 aliphatic carbocycles. The number of aliphatic hydroxyl groups excluding tert-OH is 1. The third kappa shape index (κ3) is 3.70. The minimum absolute atomic E-state index is 0.00181. The summed E-state index contributed by atoms with van der Waals surface area (Å²) < 4.78 is 5.43. The van der Waals surface area contributed by atoms with Crippen LogP contribution in [0.4, 0.5) is 0 Å². The van der Waals surface area contributed by atoms with E-state index in [1.807, 2.05) is 24.3 Å². The lowest BCUT2D eigenvalue weighted by Crippen LogP contribution is -2.42. The number of rotatable bonds is 6. The maximum absolute atomic E-state index is 11.7. The Morgan fingerprint density at radius 1 is 1.37 bits per heavy atom. The maximum Gasteiger partial charge on any atom is 0.258 e. The van der Waals surface area contributed by atoms with E-state index in [9.17, 15) is 4.79 Å². The van der Waals surface area contributed by atoms with Crippen LogP contribution in [0.2, 0.25) is 0 Å². The number of aliphatic hydroxyl groups is 1. The third-order valence-electron chi connectivity index (χ3n) is 3.48. The summed E-state index contributed by atoms with van der Waals surface area (Å²) in [5, 5.41) is 11.9. The van der Waals surface area contributed by atoms with Gasteiger partial charge in [0.1, 0.15) is 5.75 Å². The van der Waals surface area contributed by atoms with Gasteiger partial charge in [-0.1, -0.05) is 26.0 Å². The molecule has 0 saturated heterocycles. The van der Waals surface area contributed by atoms with Gasteiger partial charge in [-0.3, -0.25) is 4.79 Å². The van der Waals surface area contributed by atoms with Gasteiger partial charge in [-0.2, -0.15) is 0 Å². The van der Waals surface area contributed by atoms with E-state index in [2.05, 4.69) is 19.2 Å². The first-order valence-corrected chi connectivity index (χ1v) is 6.69. The highest BCUT2D eigenvalue weighted by atomic mass is 16.5. The zero-order valence-electron chi connectivity index (χ0n) is 11.5. The quantitative estimate of drug-likeness (QED) is 0.823. The Kier molecular flexibility index (Phi) is 4.10. The molecule has 0 bridgehead atoms. The van der Waals surface area contributed by atoms with Gasteiger partial charge in [0.25, 0.3) is 5.91 Å². The van der Waals surface area contributed by atoms with Gasteiger partial charge >= 0.3 is 0 Å². The lowest BCUT2D eigenvalue weighted by Gasteiger charge is -2.14. The van der Waals surface area contributed by atoms with Gasteiger partial charge in [0, 0.05) is 0 Å². The standard InChI is InChI=1S/C15H21NO3/c1-11(2)12-3-5-13(6-4-12)19-9-14(18)16-15(10-17)7-8-15/h3-6,11,17H,7-10H2,1-2H3,(H,16,18). The number of ether oxygens (including phenoxy) is 1. The smallest absolute Gasteiger partial charge is 0.258 e. The molecule has 1 aromatic carbocycles. The topological polar surface area (TPSA) is 58.6 Å². The average molecular weight is 263 g/mol. The fraction of sp³-hybridized carbons (Fsp3) is 0.533. The van der Waals surface area contributed by atoms with Crippen molar-refractivity contribution in [1.82, 2.24) is 5.32 Å². The summed E-state index contributed by atoms with van der Waals surface area (Å²) in [5.41, 5.74) is 0.871. The number of benzene rings is 1. The molecule has 0 heterocycles. The highest BCUT2D eigenvalue weighted by Gasteiger charge is 2.43. The van der Waals surface area contributed by atoms with Crippen molar-refractivity contribution in [3.63, 3.8) is 0 Å². The van der Waals surface area contributed by atoms with E-state index in [4.69, 9.17) is 9.84 Å². The molecule has 19 heavy (non-hydrogen) atoms. The number of carbonyl (C=O) groups is 1. The Morgan fingerprint density at radius 3 is 2.47 bits per heavy atom. The Morgan fingerprint density at radius 2 is 2.00 bits per heavy atom. The molecule has 0 atom stereocenters. The summed E-state index contributed by atoms with van der Waals surface area (Å²) in [6.45, 7) is 4.26. The first-order chi connectivity index (χ1) is 9.04. The second-order valence-electron chi connectivity index (χ2n) is 5.50. The highest BCUT2D eigenvalue weighted by Crippen LogP contribution is 2.34. The van der Waals surface area contributed by atoms with Crippen molar-refractivity contribution in [2.75, 3.05) is 13.2 Å². The normalized spacial score (nSPS) is 16.2. The Hall–Kier alpha value is -1.55. The molecule has 0 unspecified atom stereocenters. The van der Waals surface area contributed by atoms with Crippen LogP contribution in [0.3, 0.4) is 0 Å². The fourth-order valence-electron chi connectivity index (χ4n) is 1.90. The van der Waals surface area contributed by atoms with Gasteiger partial charge in [-0.15, -0.1) is 0 Å². The van der Waals surface area contributed by atoms with Gasteiger partial charge in [-0.05, 0) is 36.5 Å². The van der Waals surface area contributed by atoms with Crippen LogP contribution in [0.25, 0.3) is 0 Å². The number of amides is 1. The van der Waals surface area contributed by atoms with Crippen molar-refractivity contribution in [2.24, 2.45) is 0 Å². The van der Waals surface area contributed by atoms with Crippen LogP contribution in [-0.2, 0) is 4.79 Å². The highest BCUT2D eigenvalue weighted by molar-refractivity contribution is 5.78. The largest absolute Gasteiger partial charge is 0.484 e. The molecule has 1 saturated carbocycles. The van der Waals surface area contributed by atoms with Crippen molar-refractivity contribution in [2.45, 2.75) is 38.1 Å². The van der Waals surface area contributed by atoms with E-state index < -0.39 is 0 Å². The van der Waals surface area contributed by atoms with Crippen LogP contribution in [-0.4, -0.2) is 29.8 Å². The lowest BCUT2D eigenvalue weighted by molar-refractivity contribution is -0.124. The SMILES string of the molecule is CC(C)c1ccc(OCC(=O)NC2(CO)CC2)cc1. The van der Waals surface area contributed by atoms with Crippen LogP contribution in [0.15, 0.2) is 24.3 Å². The molecule has 2 N–H and O–H groups in total. The zero-order valence-corrected chi connectivity index (χ0v) is 11.5. The second kappa shape index (κ2) is 5.61. The molecular weight excluding hydrogens is 242 g/mol.